The van der Waals surface area contributed by atoms with Gasteiger partial charge in [0.25, 0.3) is 0 Å². The summed E-state index contributed by atoms with van der Waals surface area (Å²) < 4.78 is 20.7. The van der Waals surface area contributed by atoms with Gasteiger partial charge in [-0.1, -0.05) is 5.92 Å². The number of nitrogens with zero attached hydrogens (tertiary/aromatic N) is 2. The molecular formula is C15H17FN2O. The molecule has 1 aromatic heterocycles. The van der Waals surface area contributed by atoms with Crippen LogP contribution in [-0.2, 0) is 6.54 Å². The molecule has 0 amide bonds. The number of hydrogen-bond donors (Lipinski definition) is 0. The average molecular weight is 260 g/mol. The van der Waals surface area contributed by atoms with Gasteiger partial charge in [-0.15, -0.1) is 6.42 Å². The molecule has 1 atom stereocenters. The van der Waals surface area contributed by atoms with E-state index in [2.05, 4.69) is 5.92 Å². The summed E-state index contributed by atoms with van der Waals surface area (Å²) in [7, 11) is 5.41. The molecule has 1 aromatic carbocycles. The van der Waals surface area contributed by atoms with Crippen molar-refractivity contribution < 1.29 is 9.13 Å². The average Bonchev–Trinajstić information content (AvgIpc) is 2.77. The largest absolute Gasteiger partial charge is 0.494 e. The number of fused-ring (bicyclic) bond motifs is 1. The second-order valence-corrected chi connectivity index (χ2v) is 4.66. The molecule has 0 radical (unpaired) electrons. The molecule has 19 heavy (non-hydrogen) atoms. The van der Waals surface area contributed by atoms with E-state index in [0.717, 1.165) is 10.9 Å². The second-order valence-electron chi connectivity index (χ2n) is 4.66. The van der Waals surface area contributed by atoms with Crippen LogP contribution in [0, 0.1) is 18.2 Å². The fraction of sp³-hybridized carbons (Fsp3) is 0.333. The van der Waals surface area contributed by atoms with Crippen LogP contribution < -0.4 is 4.74 Å². The highest BCUT2D eigenvalue weighted by Gasteiger charge is 2.14. The minimum Gasteiger partial charge on any atom is -0.494 e. The van der Waals surface area contributed by atoms with E-state index in [4.69, 9.17) is 11.2 Å². The predicted molar refractivity (Wildman–Crippen MR) is 74.8 cm³/mol. The maximum absolute atomic E-state index is 13.4. The summed E-state index contributed by atoms with van der Waals surface area (Å²) in [5.74, 6) is 2.96. The maximum atomic E-state index is 13.4. The van der Waals surface area contributed by atoms with E-state index in [1.54, 1.807) is 0 Å². The summed E-state index contributed by atoms with van der Waals surface area (Å²) in [6.45, 7) is 0.634. The van der Waals surface area contributed by atoms with Crippen LogP contribution >= 0.6 is 0 Å². The van der Waals surface area contributed by atoms with Crippen molar-refractivity contribution in [2.24, 2.45) is 0 Å². The van der Waals surface area contributed by atoms with E-state index < -0.39 is 0 Å². The second kappa shape index (κ2) is 5.33. The lowest BCUT2D eigenvalue weighted by atomic mass is 10.2. The molecule has 1 heterocycles. The third-order valence-electron chi connectivity index (χ3n) is 3.20. The molecule has 0 saturated heterocycles. The third kappa shape index (κ3) is 2.56. The van der Waals surface area contributed by atoms with Crippen molar-refractivity contribution in [2.75, 3.05) is 21.2 Å². The van der Waals surface area contributed by atoms with Crippen molar-refractivity contribution in [1.29, 1.82) is 0 Å². The summed E-state index contributed by atoms with van der Waals surface area (Å²) in [5.41, 5.74) is 0.867. The molecule has 0 bridgehead atoms. The quantitative estimate of drug-likeness (QED) is 0.785. The summed E-state index contributed by atoms with van der Waals surface area (Å²) in [6, 6.07) is 4.73. The van der Waals surface area contributed by atoms with Crippen LogP contribution in [0.1, 0.15) is 0 Å². The predicted octanol–water partition coefficient (Wildman–Crippen LogP) is 2.35. The lowest BCUT2D eigenvalue weighted by Gasteiger charge is -2.20. The molecule has 0 spiro atoms. The minimum absolute atomic E-state index is 0.0228. The molecule has 0 aliphatic heterocycles. The molecule has 100 valence electrons. The van der Waals surface area contributed by atoms with Crippen LogP contribution in [0.15, 0.2) is 24.4 Å². The Morgan fingerprint density at radius 3 is 2.79 bits per heavy atom. The number of aromatic nitrogens is 1. The monoisotopic (exact) mass is 260 g/mol. The molecular weight excluding hydrogens is 243 g/mol. The minimum atomic E-state index is -0.303. The molecule has 4 heteroatoms. The van der Waals surface area contributed by atoms with Crippen LogP contribution in [-0.4, -0.2) is 36.7 Å². The van der Waals surface area contributed by atoms with Crippen molar-refractivity contribution in [3.63, 3.8) is 0 Å². The highest BCUT2D eigenvalue weighted by Crippen LogP contribution is 2.28. The first kappa shape index (κ1) is 13.4. The number of terminal acetylenes is 1. The van der Waals surface area contributed by atoms with Crippen LogP contribution in [0.5, 0.6) is 5.75 Å². The number of rotatable bonds is 4. The number of benzene rings is 1. The summed E-state index contributed by atoms with van der Waals surface area (Å²) in [5, 5.41) is 0.811. The number of likely N-dealkylation sites (N-methyl/N-ethyl adjacent to an activating group) is 1. The Kier molecular flexibility index (Phi) is 3.77. The Morgan fingerprint density at radius 2 is 2.21 bits per heavy atom. The summed E-state index contributed by atoms with van der Waals surface area (Å²) in [4.78, 5) is 1.97. The van der Waals surface area contributed by atoms with Gasteiger partial charge < -0.3 is 9.30 Å². The van der Waals surface area contributed by atoms with Crippen molar-refractivity contribution in [2.45, 2.75) is 12.6 Å². The van der Waals surface area contributed by atoms with E-state index >= 15 is 0 Å². The van der Waals surface area contributed by atoms with Crippen molar-refractivity contribution >= 4 is 10.9 Å². The summed E-state index contributed by atoms with van der Waals surface area (Å²) in [6.07, 6.45) is 7.44. The number of hydrogen-bond acceptors (Lipinski definition) is 2. The van der Waals surface area contributed by atoms with Crippen LogP contribution in [0.25, 0.3) is 10.9 Å². The summed E-state index contributed by atoms with van der Waals surface area (Å²) >= 11 is 0. The van der Waals surface area contributed by atoms with E-state index in [-0.39, 0.29) is 11.9 Å². The molecule has 0 aliphatic carbocycles. The number of halogens is 1. The van der Waals surface area contributed by atoms with Crippen molar-refractivity contribution in [1.82, 2.24) is 9.47 Å². The Morgan fingerprint density at radius 1 is 1.47 bits per heavy atom. The Labute approximate surface area is 112 Å². The molecule has 0 saturated carbocycles. The van der Waals surface area contributed by atoms with Gasteiger partial charge in [-0.25, -0.2) is 4.39 Å². The topological polar surface area (TPSA) is 17.4 Å². The van der Waals surface area contributed by atoms with Gasteiger partial charge in [-0.3, -0.25) is 4.90 Å². The number of methoxy groups -OCH3 is 1. The van der Waals surface area contributed by atoms with Gasteiger partial charge in [-0.05, 0) is 26.2 Å². The van der Waals surface area contributed by atoms with E-state index in [1.165, 1.54) is 19.2 Å². The first-order valence-corrected chi connectivity index (χ1v) is 6.01. The van der Waals surface area contributed by atoms with Crippen LogP contribution in [0.3, 0.4) is 0 Å². The zero-order valence-electron chi connectivity index (χ0n) is 11.4. The van der Waals surface area contributed by atoms with Gasteiger partial charge >= 0.3 is 0 Å². The van der Waals surface area contributed by atoms with Crippen LogP contribution in [0.2, 0.25) is 0 Å². The van der Waals surface area contributed by atoms with Gasteiger partial charge in [0, 0.05) is 24.2 Å². The fourth-order valence-electron chi connectivity index (χ4n) is 2.13. The Bertz CT molecular complexity index is 625. The molecule has 0 N–H and O–H groups in total. The standard InChI is InChI=1S/C15H17FN2O/c1-5-13(17(2)3)10-18-7-6-11-8-12(16)9-14(19-4)15(11)18/h1,6-9,13H,10H2,2-4H3/t13-/m1/s1. The van der Waals surface area contributed by atoms with Gasteiger partial charge in [0.15, 0.2) is 0 Å². The Balaban J connectivity index is 2.48. The zero-order valence-corrected chi connectivity index (χ0v) is 11.4. The van der Waals surface area contributed by atoms with E-state index in [9.17, 15) is 4.39 Å². The molecule has 3 nitrogen and oxygen atoms in total. The smallest absolute Gasteiger partial charge is 0.146 e. The molecule has 0 unspecified atom stereocenters. The molecule has 2 rings (SSSR count). The lowest BCUT2D eigenvalue weighted by Crippen LogP contribution is -2.30. The van der Waals surface area contributed by atoms with E-state index in [0.29, 0.717) is 12.3 Å². The SMILES string of the molecule is C#C[C@H](Cn1ccc2cc(F)cc(OC)c21)N(C)C. The fourth-order valence-corrected chi connectivity index (χ4v) is 2.13. The zero-order chi connectivity index (χ0) is 14.0. The maximum Gasteiger partial charge on any atom is 0.146 e. The Hall–Kier alpha value is -1.99. The number of ether oxygens (including phenoxy) is 1. The van der Waals surface area contributed by atoms with Gasteiger partial charge in [0.2, 0.25) is 0 Å². The highest BCUT2D eigenvalue weighted by molar-refractivity contribution is 5.86. The van der Waals surface area contributed by atoms with Crippen molar-refractivity contribution in [3.05, 3.63) is 30.2 Å². The normalized spacial score (nSPS) is 12.6. The molecule has 0 aliphatic rings. The van der Waals surface area contributed by atoms with Gasteiger partial charge in [0.1, 0.15) is 11.6 Å². The van der Waals surface area contributed by atoms with Crippen molar-refractivity contribution in [3.8, 4) is 18.1 Å². The first-order chi connectivity index (χ1) is 9.06. The lowest BCUT2D eigenvalue weighted by molar-refractivity contribution is 0.323. The van der Waals surface area contributed by atoms with Gasteiger partial charge in [0.05, 0.1) is 18.7 Å². The molecule has 2 aromatic rings. The molecule has 0 fully saturated rings. The highest BCUT2D eigenvalue weighted by atomic mass is 19.1. The van der Waals surface area contributed by atoms with Crippen LogP contribution in [0.4, 0.5) is 4.39 Å². The first-order valence-electron chi connectivity index (χ1n) is 6.01. The van der Waals surface area contributed by atoms with E-state index in [1.807, 2.05) is 35.8 Å². The third-order valence-corrected chi connectivity index (χ3v) is 3.20. The van der Waals surface area contributed by atoms with Gasteiger partial charge in [-0.2, -0.15) is 0 Å².